The minimum absolute atomic E-state index is 0.120. The molecule has 8 heavy (non-hydrogen) atoms. The Morgan fingerprint density at radius 2 is 2.25 bits per heavy atom. The van der Waals surface area contributed by atoms with E-state index in [0.717, 1.165) is 6.29 Å². The third-order valence-electron chi connectivity index (χ3n) is 0.849. The lowest BCUT2D eigenvalue weighted by Gasteiger charge is -1.97. The minimum atomic E-state index is -0.294. The molecule has 0 aromatic rings. The fraction of sp³-hybridized carbons (Fsp3) is 0.667. The van der Waals surface area contributed by atoms with Crippen molar-refractivity contribution in [3.8, 4) is 0 Å². The van der Waals surface area contributed by atoms with E-state index < -0.39 is 0 Å². The highest BCUT2D eigenvalue weighted by atomic mass is 32.1. The molecule has 2 atom stereocenters. The van der Waals surface area contributed by atoms with Crippen LogP contribution in [0.4, 0.5) is 0 Å². The van der Waals surface area contributed by atoms with Crippen LogP contribution in [0.3, 0.4) is 0 Å². The van der Waals surface area contributed by atoms with E-state index >= 15 is 0 Å². The quantitative estimate of drug-likeness (QED) is 0.258. The molecule has 3 N–H and O–H groups in total. The van der Waals surface area contributed by atoms with Crippen LogP contribution in [0.5, 0.6) is 0 Å². The zero-order chi connectivity index (χ0) is 5.98. The standard InChI is InChI=1S/C3H7N3OS/c7-1-2-4-3(8)6-5-2/h1-6,8H. The van der Waals surface area contributed by atoms with Gasteiger partial charge in [0.2, 0.25) is 0 Å². The summed E-state index contributed by atoms with van der Waals surface area (Å²) in [7, 11) is 0. The number of hydrazine groups is 1. The van der Waals surface area contributed by atoms with Crippen molar-refractivity contribution in [3.05, 3.63) is 0 Å². The first-order valence-electron chi connectivity index (χ1n) is 2.23. The van der Waals surface area contributed by atoms with Crippen LogP contribution in [-0.4, -0.2) is 17.9 Å². The van der Waals surface area contributed by atoms with Crippen LogP contribution in [0.15, 0.2) is 0 Å². The van der Waals surface area contributed by atoms with Crippen molar-refractivity contribution in [2.24, 2.45) is 0 Å². The number of nitrogens with one attached hydrogen (secondary N) is 3. The van der Waals surface area contributed by atoms with Crippen LogP contribution >= 0.6 is 12.6 Å². The normalized spacial score (nSPS) is 37.6. The highest BCUT2D eigenvalue weighted by Gasteiger charge is 2.16. The number of aldehydes is 1. The number of rotatable bonds is 1. The summed E-state index contributed by atoms with van der Waals surface area (Å²) in [5.41, 5.74) is 5.22. The summed E-state index contributed by atoms with van der Waals surface area (Å²) in [6, 6.07) is 0. The van der Waals surface area contributed by atoms with Gasteiger partial charge >= 0.3 is 0 Å². The van der Waals surface area contributed by atoms with Gasteiger partial charge in [-0.1, -0.05) is 0 Å². The summed E-state index contributed by atoms with van der Waals surface area (Å²) in [5, 5.41) is 2.78. The molecule has 0 saturated carbocycles. The Balaban J connectivity index is 2.32. The SMILES string of the molecule is O=CC1NNC(S)N1. The maximum Gasteiger partial charge on any atom is 0.152 e. The smallest absolute Gasteiger partial charge is 0.152 e. The summed E-state index contributed by atoms with van der Waals surface area (Å²) >= 11 is 3.96. The van der Waals surface area contributed by atoms with Crippen LogP contribution < -0.4 is 16.2 Å². The van der Waals surface area contributed by atoms with E-state index in [0.29, 0.717) is 0 Å². The van der Waals surface area contributed by atoms with Crippen LogP contribution in [0.25, 0.3) is 0 Å². The first kappa shape index (κ1) is 6.03. The first-order valence-corrected chi connectivity index (χ1v) is 2.75. The van der Waals surface area contributed by atoms with Crippen molar-refractivity contribution >= 4 is 18.9 Å². The van der Waals surface area contributed by atoms with Gasteiger partial charge in [-0.25, -0.2) is 10.9 Å². The molecular formula is C3H7N3OS. The summed E-state index contributed by atoms with van der Waals surface area (Å²) in [5.74, 6) is 0. The lowest BCUT2D eigenvalue weighted by molar-refractivity contribution is -0.109. The number of carbonyl (C=O) groups is 1. The number of carbonyl (C=O) groups excluding carboxylic acids is 1. The van der Waals surface area contributed by atoms with Crippen molar-refractivity contribution < 1.29 is 4.79 Å². The molecule has 1 heterocycles. The van der Waals surface area contributed by atoms with Crippen molar-refractivity contribution in [2.75, 3.05) is 0 Å². The molecule has 0 spiro atoms. The number of thiol groups is 1. The predicted octanol–water partition coefficient (Wildman–Crippen LogP) is -1.58. The first-order chi connectivity index (χ1) is 3.83. The Morgan fingerprint density at radius 1 is 1.50 bits per heavy atom. The van der Waals surface area contributed by atoms with Crippen molar-refractivity contribution in [1.82, 2.24) is 16.2 Å². The zero-order valence-corrected chi connectivity index (χ0v) is 4.98. The highest BCUT2D eigenvalue weighted by Crippen LogP contribution is 1.88. The molecule has 46 valence electrons. The van der Waals surface area contributed by atoms with Crippen molar-refractivity contribution in [2.45, 2.75) is 11.7 Å². The number of hydrogen-bond acceptors (Lipinski definition) is 5. The Labute approximate surface area is 52.4 Å². The van der Waals surface area contributed by atoms with Crippen LogP contribution in [-0.2, 0) is 4.79 Å². The Kier molecular flexibility index (Phi) is 1.85. The predicted molar refractivity (Wildman–Crippen MR) is 32.0 cm³/mol. The van der Waals surface area contributed by atoms with Gasteiger partial charge in [-0.2, -0.15) is 0 Å². The molecule has 1 aliphatic heterocycles. The maximum atomic E-state index is 9.95. The molecule has 0 radical (unpaired) electrons. The molecule has 4 nitrogen and oxygen atoms in total. The molecule has 0 aliphatic carbocycles. The number of hydrogen-bond donors (Lipinski definition) is 4. The molecular weight excluding hydrogens is 126 g/mol. The molecule has 0 aromatic heterocycles. The van der Waals surface area contributed by atoms with E-state index in [1.165, 1.54) is 0 Å². The van der Waals surface area contributed by atoms with Gasteiger partial charge in [0.15, 0.2) is 6.29 Å². The monoisotopic (exact) mass is 133 g/mol. The van der Waals surface area contributed by atoms with Gasteiger partial charge in [-0.3, -0.25) is 5.32 Å². The van der Waals surface area contributed by atoms with E-state index in [9.17, 15) is 4.79 Å². The van der Waals surface area contributed by atoms with E-state index in [1.54, 1.807) is 0 Å². The highest BCUT2D eigenvalue weighted by molar-refractivity contribution is 7.80. The third kappa shape index (κ3) is 1.19. The maximum absolute atomic E-state index is 9.95. The van der Waals surface area contributed by atoms with Crippen molar-refractivity contribution in [1.29, 1.82) is 0 Å². The second kappa shape index (κ2) is 2.45. The average molecular weight is 133 g/mol. The Morgan fingerprint density at radius 3 is 2.50 bits per heavy atom. The van der Waals surface area contributed by atoms with Gasteiger partial charge < -0.3 is 4.79 Å². The minimum Gasteiger partial charge on any atom is -0.300 e. The van der Waals surface area contributed by atoms with Crippen LogP contribution in [0.2, 0.25) is 0 Å². The third-order valence-corrected chi connectivity index (χ3v) is 1.13. The lowest BCUT2D eigenvalue weighted by atomic mass is 10.6. The van der Waals surface area contributed by atoms with E-state index in [4.69, 9.17) is 0 Å². The molecule has 0 amide bonds. The van der Waals surface area contributed by atoms with Crippen molar-refractivity contribution in [3.63, 3.8) is 0 Å². The molecule has 0 bridgehead atoms. The molecule has 1 fully saturated rings. The fourth-order valence-electron chi connectivity index (χ4n) is 0.495. The molecule has 1 saturated heterocycles. The zero-order valence-electron chi connectivity index (χ0n) is 4.09. The fourth-order valence-corrected chi connectivity index (χ4v) is 0.731. The van der Waals surface area contributed by atoms with Gasteiger partial charge in [-0.15, -0.1) is 12.6 Å². The molecule has 2 unspecified atom stereocenters. The topological polar surface area (TPSA) is 53.2 Å². The second-order valence-corrected chi connectivity index (χ2v) is 1.99. The lowest BCUT2D eigenvalue weighted by Crippen LogP contribution is -2.34. The van der Waals surface area contributed by atoms with E-state index in [2.05, 4.69) is 28.8 Å². The van der Waals surface area contributed by atoms with Gasteiger partial charge in [0, 0.05) is 0 Å². The Bertz CT molecular complexity index is 98.5. The Hall–Kier alpha value is -0.100. The second-order valence-electron chi connectivity index (χ2n) is 1.47. The summed E-state index contributed by atoms with van der Waals surface area (Å²) in [6.07, 6.45) is 0.473. The molecule has 1 rings (SSSR count). The molecule has 5 heteroatoms. The molecule has 0 aromatic carbocycles. The van der Waals surface area contributed by atoms with Gasteiger partial charge in [0.05, 0.1) is 0 Å². The molecule has 1 aliphatic rings. The largest absolute Gasteiger partial charge is 0.300 e. The van der Waals surface area contributed by atoms with E-state index in [-0.39, 0.29) is 11.7 Å². The summed E-state index contributed by atoms with van der Waals surface area (Å²) in [6.45, 7) is 0. The van der Waals surface area contributed by atoms with Gasteiger partial charge in [-0.05, 0) is 0 Å². The van der Waals surface area contributed by atoms with Crippen LogP contribution in [0.1, 0.15) is 0 Å². The average Bonchev–Trinajstić information content (AvgIpc) is 2.14. The summed E-state index contributed by atoms with van der Waals surface area (Å²) in [4.78, 5) is 9.95. The van der Waals surface area contributed by atoms with Gasteiger partial charge in [0.1, 0.15) is 11.7 Å². The van der Waals surface area contributed by atoms with E-state index in [1.807, 2.05) is 0 Å². The van der Waals surface area contributed by atoms with Gasteiger partial charge in [0.25, 0.3) is 0 Å². The van der Waals surface area contributed by atoms with Crippen LogP contribution in [0, 0.1) is 0 Å². The summed E-state index contributed by atoms with van der Waals surface area (Å²) < 4.78 is 0.